The van der Waals surface area contributed by atoms with Gasteiger partial charge in [-0.3, -0.25) is 4.79 Å². The Morgan fingerprint density at radius 2 is 1.68 bits per heavy atom. The van der Waals surface area contributed by atoms with E-state index >= 15 is 0 Å². The van der Waals surface area contributed by atoms with Crippen LogP contribution in [-0.2, 0) is 17.8 Å². The molecule has 0 fully saturated rings. The number of nitrogens with zero attached hydrogens (tertiary/aromatic N) is 1. The zero-order chi connectivity index (χ0) is 25.5. The number of ether oxygens (including phenoxy) is 3. The second kappa shape index (κ2) is 11.6. The Bertz CT molecular complexity index is 1030. The number of nitrogens with one attached hydrogen (secondary N) is 1. The van der Waals surface area contributed by atoms with E-state index in [1.807, 2.05) is 39.8 Å². The lowest BCUT2D eigenvalue weighted by Crippen LogP contribution is -2.36. The molecule has 0 bridgehead atoms. The molecule has 1 heterocycles. The third kappa shape index (κ3) is 7.96. The van der Waals surface area contributed by atoms with Gasteiger partial charge in [-0.15, -0.1) is 0 Å². The smallest absolute Gasteiger partial charge is 0.407 e. The largest absolute Gasteiger partial charge is 0.494 e. The van der Waals surface area contributed by atoms with E-state index in [0.717, 1.165) is 24.6 Å². The zero-order valence-corrected chi connectivity index (χ0v) is 22.2. The third-order valence-corrected chi connectivity index (χ3v) is 4.95. The lowest BCUT2D eigenvalue weighted by atomic mass is 9.96. The highest BCUT2D eigenvalue weighted by Gasteiger charge is 2.24. The van der Waals surface area contributed by atoms with Crippen molar-refractivity contribution < 1.29 is 19.0 Å². The Labute approximate surface area is 203 Å². The molecule has 0 radical (unpaired) electrons. The van der Waals surface area contributed by atoms with E-state index in [0.29, 0.717) is 42.3 Å². The fourth-order valence-corrected chi connectivity index (χ4v) is 3.52. The number of alkyl carbamates (subject to hydrolysis) is 1. The van der Waals surface area contributed by atoms with Crippen molar-refractivity contribution in [2.24, 2.45) is 5.41 Å². The molecule has 1 amide bonds. The first-order valence-corrected chi connectivity index (χ1v) is 12.3. The predicted octanol–water partition coefficient (Wildman–Crippen LogP) is 6.04. The van der Waals surface area contributed by atoms with E-state index in [9.17, 15) is 9.59 Å². The highest BCUT2D eigenvalue weighted by molar-refractivity contribution is 5.89. The van der Waals surface area contributed by atoms with Crippen molar-refractivity contribution in [3.8, 4) is 11.5 Å². The van der Waals surface area contributed by atoms with Gasteiger partial charge in [0, 0.05) is 11.9 Å². The van der Waals surface area contributed by atoms with Gasteiger partial charge in [0.15, 0.2) is 0 Å². The minimum absolute atomic E-state index is 0.117. The van der Waals surface area contributed by atoms with Gasteiger partial charge in [-0.1, -0.05) is 41.0 Å². The summed E-state index contributed by atoms with van der Waals surface area (Å²) in [6, 6.07) is 5.54. The van der Waals surface area contributed by atoms with Gasteiger partial charge in [0.05, 0.1) is 30.8 Å². The molecule has 0 saturated heterocycles. The second-order valence-electron chi connectivity index (χ2n) is 10.8. The van der Waals surface area contributed by atoms with Crippen LogP contribution in [0.1, 0.15) is 80.3 Å². The molecule has 2 aromatic rings. The molecular weight excluding hydrogens is 432 g/mol. The van der Waals surface area contributed by atoms with Gasteiger partial charge in [-0.25, -0.2) is 4.79 Å². The number of unbranched alkanes of at least 4 members (excludes halogenated alkanes) is 1. The third-order valence-electron chi connectivity index (χ3n) is 4.95. The van der Waals surface area contributed by atoms with Gasteiger partial charge in [0.25, 0.3) is 5.56 Å². The van der Waals surface area contributed by atoms with E-state index in [1.165, 1.54) is 0 Å². The minimum atomic E-state index is -0.617. The van der Waals surface area contributed by atoms with Gasteiger partial charge in [-0.2, -0.15) is 0 Å². The van der Waals surface area contributed by atoms with Crippen molar-refractivity contribution in [3.63, 3.8) is 0 Å². The summed E-state index contributed by atoms with van der Waals surface area (Å²) < 4.78 is 19.2. The first-order valence-electron chi connectivity index (χ1n) is 12.3. The van der Waals surface area contributed by atoms with Crippen LogP contribution in [0.15, 0.2) is 23.0 Å². The van der Waals surface area contributed by atoms with Crippen LogP contribution < -0.4 is 20.3 Å². The predicted molar refractivity (Wildman–Crippen MR) is 137 cm³/mol. The monoisotopic (exact) mass is 474 g/mol. The number of benzene rings is 1. The molecule has 0 saturated carbocycles. The van der Waals surface area contributed by atoms with E-state index in [1.54, 1.807) is 10.6 Å². The maximum Gasteiger partial charge on any atom is 0.407 e. The van der Waals surface area contributed by atoms with Gasteiger partial charge in [0.1, 0.15) is 17.1 Å². The van der Waals surface area contributed by atoms with E-state index in [2.05, 4.69) is 33.0 Å². The van der Waals surface area contributed by atoms with Gasteiger partial charge in [0.2, 0.25) is 0 Å². The van der Waals surface area contributed by atoms with Crippen LogP contribution >= 0.6 is 0 Å². The SMILES string of the molecule is CCCCOc1c(CNC(=O)OC(C)(C)C)n(CC(C)(C)C)c(=O)c2cc(OCCC)ccc12. The number of carbonyl (C=O) groups excluding carboxylic acids is 1. The Kier molecular flexibility index (Phi) is 9.42. The van der Waals surface area contributed by atoms with Crippen molar-refractivity contribution in [1.82, 2.24) is 9.88 Å². The van der Waals surface area contributed by atoms with Crippen molar-refractivity contribution in [3.05, 3.63) is 34.2 Å². The topological polar surface area (TPSA) is 78.8 Å². The summed E-state index contributed by atoms with van der Waals surface area (Å²) in [5.41, 5.74) is -0.282. The number of rotatable bonds is 10. The van der Waals surface area contributed by atoms with Crippen molar-refractivity contribution in [2.45, 2.75) is 93.3 Å². The van der Waals surface area contributed by atoms with Crippen LogP contribution in [0, 0.1) is 5.41 Å². The highest BCUT2D eigenvalue weighted by atomic mass is 16.6. The number of carbonyl (C=O) groups is 1. The molecule has 7 heteroatoms. The molecule has 0 aliphatic carbocycles. The van der Waals surface area contributed by atoms with Crippen LogP contribution in [0.4, 0.5) is 4.79 Å². The number of pyridine rings is 1. The molecular formula is C27H42N2O5. The van der Waals surface area contributed by atoms with Crippen molar-refractivity contribution in [1.29, 1.82) is 0 Å². The van der Waals surface area contributed by atoms with E-state index in [4.69, 9.17) is 14.2 Å². The van der Waals surface area contributed by atoms with Gasteiger partial charge < -0.3 is 24.1 Å². The maximum absolute atomic E-state index is 13.7. The number of amides is 1. The fourth-order valence-electron chi connectivity index (χ4n) is 3.52. The summed E-state index contributed by atoms with van der Waals surface area (Å²) in [7, 11) is 0. The normalized spacial score (nSPS) is 12.0. The zero-order valence-electron chi connectivity index (χ0n) is 22.2. The first-order chi connectivity index (χ1) is 15.9. The van der Waals surface area contributed by atoms with Crippen LogP contribution in [0.2, 0.25) is 0 Å². The Morgan fingerprint density at radius 3 is 2.26 bits per heavy atom. The van der Waals surface area contributed by atoms with Crippen LogP contribution in [0.25, 0.3) is 10.8 Å². The molecule has 0 unspecified atom stereocenters. The Hall–Kier alpha value is -2.70. The number of hydrogen-bond donors (Lipinski definition) is 1. The average molecular weight is 475 g/mol. The number of fused-ring (bicyclic) bond motifs is 1. The highest BCUT2D eigenvalue weighted by Crippen LogP contribution is 2.32. The second-order valence-corrected chi connectivity index (χ2v) is 10.8. The van der Waals surface area contributed by atoms with Gasteiger partial charge >= 0.3 is 6.09 Å². The molecule has 2 rings (SSSR count). The molecule has 1 N–H and O–H groups in total. The van der Waals surface area contributed by atoms with Crippen molar-refractivity contribution >= 4 is 16.9 Å². The van der Waals surface area contributed by atoms with Crippen LogP contribution in [-0.4, -0.2) is 29.5 Å². The molecule has 1 aromatic heterocycles. The van der Waals surface area contributed by atoms with Crippen LogP contribution in [0.5, 0.6) is 11.5 Å². The molecule has 7 nitrogen and oxygen atoms in total. The van der Waals surface area contributed by atoms with E-state index in [-0.39, 0.29) is 17.5 Å². The number of aromatic nitrogens is 1. The summed E-state index contributed by atoms with van der Waals surface area (Å²) >= 11 is 0. The first kappa shape index (κ1) is 27.5. The minimum Gasteiger partial charge on any atom is -0.494 e. The molecule has 0 aliphatic heterocycles. The summed E-state index contributed by atoms with van der Waals surface area (Å²) in [5.74, 6) is 1.28. The van der Waals surface area contributed by atoms with Crippen LogP contribution in [0.3, 0.4) is 0 Å². The average Bonchev–Trinajstić information content (AvgIpc) is 2.72. The summed E-state index contributed by atoms with van der Waals surface area (Å²) in [4.78, 5) is 26.1. The molecule has 190 valence electrons. The molecule has 1 aromatic carbocycles. The molecule has 0 atom stereocenters. The molecule has 0 aliphatic rings. The van der Waals surface area contributed by atoms with Crippen molar-refractivity contribution in [2.75, 3.05) is 13.2 Å². The lowest BCUT2D eigenvalue weighted by molar-refractivity contribution is 0.0521. The number of hydrogen-bond acceptors (Lipinski definition) is 5. The standard InChI is InChI=1S/C27H42N2O5/c1-9-11-15-33-23-20-13-12-19(32-14-10-2)16-21(20)24(30)29(18-26(3,4)5)22(23)17-28-25(31)34-27(6,7)8/h12-13,16H,9-11,14-15,17-18H2,1-8H3,(H,28,31). The Balaban J connectivity index is 2.66. The maximum atomic E-state index is 13.7. The Morgan fingerprint density at radius 1 is 0.971 bits per heavy atom. The fraction of sp³-hybridized carbons (Fsp3) is 0.630. The summed E-state index contributed by atoms with van der Waals surface area (Å²) in [5, 5.41) is 4.08. The lowest BCUT2D eigenvalue weighted by Gasteiger charge is -2.26. The van der Waals surface area contributed by atoms with E-state index < -0.39 is 11.7 Å². The van der Waals surface area contributed by atoms with Gasteiger partial charge in [-0.05, 0) is 57.2 Å². The molecule has 0 spiro atoms. The molecule has 34 heavy (non-hydrogen) atoms. The summed E-state index contributed by atoms with van der Waals surface area (Å²) in [6.07, 6.45) is 2.22. The quantitative estimate of drug-likeness (QED) is 0.425. The summed E-state index contributed by atoms with van der Waals surface area (Å²) in [6.45, 7) is 17.5.